The van der Waals surface area contributed by atoms with Gasteiger partial charge in [-0.25, -0.2) is 4.98 Å². The molecule has 0 aliphatic carbocycles. The maximum Gasteiger partial charge on any atom is 0.321 e. The Hall–Kier alpha value is -1.49. The minimum absolute atomic E-state index is 0.596. The first-order valence-electron chi connectivity index (χ1n) is 4.46. The summed E-state index contributed by atoms with van der Waals surface area (Å²) >= 11 is 0. The van der Waals surface area contributed by atoms with Crippen LogP contribution in [0.4, 0.5) is 4.39 Å². The van der Waals surface area contributed by atoms with Gasteiger partial charge in [-0.05, 0) is 11.6 Å². The number of aliphatic carboxylic acids is 1. The van der Waals surface area contributed by atoms with Gasteiger partial charge in [0.15, 0.2) is 0 Å². The van der Waals surface area contributed by atoms with Crippen molar-refractivity contribution in [1.29, 1.82) is 0 Å². The quantitative estimate of drug-likeness (QED) is 0.730. The van der Waals surface area contributed by atoms with Crippen LogP contribution < -0.4 is 5.73 Å². The Morgan fingerprint density at radius 1 is 1.60 bits per heavy atom. The summed E-state index contributed by atoms with van der Waals surface area (Å²) in [7, 11) is 0. The average molecular weight is 212 g/mol. The molecule has 0 fully saturated rings. The number of aromatic nitrogens is 1. The van der Waals surface area contributed by atoms with Crippen LogP contribution in [0.15, 0.2) is 18.3 Å². The molecule has 4 nitrogen and oxygen atoms in total. The van der Waals surface area contributed by atoms with Crippen molar-refractivity contribution in [1.82, 2.24) is 4.98 Å². The third-order valence-corrected chi connectivity index (χ3v) is 2.51. The van der Waals surface area contributed by atoms with Crippen LogP contribution in [-0.2, 0) is 10.2 Å². The molecule has 0 amide bonds. The van der Waals surface area contributed by atoms with Gasteiger partial charge in [-0.1, -0.05) is 19.9 Å². The Morgan fingerprint density at radius 3 is 2.60 bits per heavy atom. The van der Waals surface area contributed by atoms with Gasteiger partial charge in [0.25, 0.3) is 0 Å². The van der Waals surface area contributed by atoms with Crippen molar-refractivity contribution in [2.45, 2.75) is 25.3 Å². The highest BCUT2D eigenvalue weighted by Crippen LogP contribution is 2.25. The molecule has 1 aromatic rings. The molecule has 0 aromatic carbocycles. The summed E-state index contributed by atoms with van der Waals surface area (Å²) in [4.78, 5) is 14.2. The number of carboxylic acids is 1. The molecule has 1 unspecified atom stereocenters. The van der Waals surface area contributed by atoms with Crippen molar-refractivity contribution in [2.75, 3.05) is 0 Å². The van der Waals surface area contributed by atoms with Gasteiger partial charge < -0.3 is 10.8 Å². The Balaban J connectivity index is 3.05. The molecule has 1 aromatic heterocycles. The minimum Gasteiger partial charge on any atom is -0.480 e. The van der Waals surface area contributed by atoms with Crippen LogP contribution in [0.2, 0.25) is 0 Å². The summed E-state index contributed by atoms with van der Waals surface area (Å²) in [5.41, 5.74) is 5.35. The van der Waals surface area contributed by atoms with Gasteiger partial charge in [-0.3, -0.25) is 4.79 Å². The molecule has 0 saturated heterocycles. The first kappa shape index (κ1) is 11.6. The van der Waals surface area contributed by atoms with E-state index in [2.05, 4.69) is 4.98 Å². The van der Waals surface area contributed by atoms with Crippen molar-refractivity contribution in [3.8, 4) is 0 Å². The number of pyridine rings is 1. The first-order valence-corrected chi connectivity index (χ1v) is 4.46. The lowest BCUT2D eigenvalue weighted by molar-refractivity contribution is -0.140. The Bertz CT molecular complexity index is 362. The molecule has 1 heterocycles. The van der Waals surface area contributed by atoms with E-state index >= 15 is 0 Å². The standard InChI is InChI=1S/C10H13FN2O2/c1-10(2,8(12)9(14)15)6-3-4-7(11)13-5-6/h3-5,8H,12H2,1-2H3,(H,14,15). The molecule has 1 rings (SSSR count). The van der Waals surface area contributed by atoms with Crippen LogP contribution in [0.25, 0.3) is 0 Å². The van der Waals surface area contributed by atoms with Gasteiger partial charge >= 0.3 is 5.97 Å². The second-order valence-electron chi connectivity index (χ2n) is 3.91. The number of nitrogens with zero attached hydrogens (tertiary/aromatic N) is 1. The van der Waals surface area contributed by atoms with Gasteiger partial charge in [0.05, 0.1) is 0 Å². The van der Waals surface area contributed by atoms with Crippen molar-refractivity contribution in [2.24, 2.45) is 5.73 Å². The molecule has 0 radical (unpaired) electrons. The highest BCUT2D eigenvalue weighted by Gasteiger charge is 2.33. The smallest absolute Gasteiger partial charge is 0.321 e. The Labute approximate surface area is 86.9 Å². The Morgan fingerprint density at radius 2 is 2.20 bits per heavy atom. The fourth-order valence-corrected chi connectivity index (χ4v) is 1.25. The topological polar surface area (TPSA) is 76.2 Å². The van der Waals surface area contributed by atoms with Crippen LogP contribution >= 0.6 is 0 Å². The zero-order valence-corrected chi connectivity index (χ0v) is 8.57. The number of nitrogens with two attached hydrogens (primary N) is 1. The minimum atomic E-state index is -1.09. The molecule has 0 spiro atoms. The van der Waals surface area contributed by atoms with E-state index in [9.17, 15) is 9.18 Å². The van der Waals surface area contributed by atoms with Gasteiger partial charge in [-0.15, -0.1) is 0 Å². The van der Waals surface area contributed by atoms with E-state index in [1.807, 2.05) is 0 Å². The normalized spacial score (nSPS) is 13.6. The van der Waals surface area contributed by atoms with Crippen LogP contribution in [0.1, 0.15) is 19.4 Å². The molecular weight excluding hydrogens is 199 g/mol. The predicted molar refractivity (Wildman–Crippen MR) is 52.8 cm³/mol. The van der Waals surface area contributed by atoms with E-state index in [1.54, 1.807) is 13.8 Å². The van der Waals surface area contributed by atoms with Crippen LogP contribution in [0, 0.1) is 5.95 Å². The predicted octanol–water partition coefficient (Wildman–Crippen LogP) is 0.910. The highest BCUT2D eigenvalue weighted by molar-refractivity contribution is 5.75. The highest BCUT2D eigenvalue weighted by atomic mass is 19.1. The van der Waals surface area contributed by atoms with E-state index in [1.165, 1.54) is 18.3 Å². The van der Waals surface area contributed by atoms with E-state index < -0.39 is 23.4 Å². The largest absolute Gasteiger partial charge is 0.480 e. The van der Waals surface area contributed by atoms with Gasteiger partial charge in [-0.2, -0.15) is 4.39 Å². The lowest BCUT2D eigenvalue weighted by Crippen LogP contribution is -2.46. The summed E-state index contributed by atoms with van der Waals surface area (Å²) in [6.07, 6.45) is 1.30. The molecule has 15 heavy (non-hydrogen) atoms. The van der Waals surface area contributed by atoms with Gasteiger partial charge in [0, 0.05) is 11.6 Å². The third kappa shape index (κ3) is 2.30. The van der Waals surface area contributed by atoms with Gasteiger partial charge in [0.2, 0.25) is 5.95 Å². The number of halogens is 1. The summed E-state index contributed by atoms with van der Waals surface area (Å²) in [5, 5.41) is 8.81. The van der Waals surface area contributed by atoms with Gasteiger partial charge in [0.1, 0.15) is 6.04 Å². The van der Waals surface area contributed by atoms with E-state index in [0.29, 0.717) is 5.56 Å². The zero-order valence-electron chi connectivity index (χ0n) is 8.57. The fraction of sp³-hybridized carbons (Fsp3) is 0.400. The lowest BCUT2D eigenvalue weighted by atomic mass is 9.79. The lowest BCUT2D eigenvalue weighted by Gasteiger charge is -2.28. The average Bonchev–Trinajstić information content (AvgIpc) is 2.17. The summed E-state index contributed by atoms with van der Waals surface area (Å²) in [6.45, 7) is 3.36. The molecule has 82 valence electrons. The van der Waals surface area contributed by atoms with Crippen molar-refractivity contribution in [3.63, 3.8) is 0 Å². The van der Waals surface area contributed by atoms with Crippen LogP contribution in [-0.4, -0.2) is 22.1 Å². The number of carbonyl (C=O) groups is 1. The summed E-state index contributed by atoms with van der Waals surface area (Å²) in [5.74, 6) is -1.69. The van der Waals surface area contributed by atoms with E-state index in [0.717, 1.165) is 0 Å². The number of carboxylic acid groups (broad SMARTS) is 1. The molecule has 3 N–H and O–H groups in total. The summed E-state index contributed by atoms with van der Waals surface area (Å²) < 4.78 is 12.6. The number of hydrogen-bond acceptors (Lipinski definition) is 3. The molecule has 1 atom stereocenters. The molecular formula is C10H13FN2O2. The monoisotopic (exact) mass is 212 g/mol. The zero-order chi connectivity index (χ0) is 11.6. The SMILES string of the molecule is CC(C)(c1ccc(F)nc1)C(N)C(=O)O. The second kappa shape index (κ2) is 3.94. The van der Waals surface area contributed by atoms with E-state index in [-0.39, 0.29) is 0 Å². The molecule has 0 aliphatic heterocycles. The maximum absolute atomic E-state index is 12.6. The van der Waals surface area contributed by atoms with Crippen molar-refractivity contribution in [3.05, 3.63) is 29.8 Å². The third-order valence-electron chi connectivity index (χ3n) is 2.51. The molecule has 0 saturated carbocycles. The number of rotatable bonds is 3. The maximum atomic E-state index is 12.6. The van der Waals surface area contributed by atoms with Crippen molar-refractivity contribution >= 4 is 5.97 Å². The van der Waals surface area contributed by atoms with Crippen LogP contribution in [0.5, 0.6) is 0 Å². The van der Waals surface area contributed by atoms with Crippen molar-refractivity contribution < 1.29 is 14.3 Å². The molecule has 5 heteroatoms. The van der Waals surface area contributed by atoms with E-state index in [4.69, 9.17) is 10.8 Å². The molecule has 0 aliphatic rings. The number of hydrogen-bond donors (Lipinski definition) is 2. The first-order chi connectivity index (χ1) is 6.85. The summed E-state index contributed by atoms with van der Waals surface area (Å²) in [6, 6.07) is 1.63. The van der Waals surface area contributed by atoms with Crippen LogP contribution in [0.3, 0.4) is 0 Å². The fourth-order valence-electron chi connectivity index (χ4n) is 1.25. The second-order valence-corrected chi connectivity index (χ2v) is 3.91. The molecule has 0 bridgehead atoms. The Kier molecular flexibility index (Phi) is 3.04.